The zero-order valence-corrected chi connectivity index (χ0v) is 17.8. The fourth-order valence-corrected chi connectivity index (χ4v) is 5.07. The van der Waals surface area contributed by atoms with E-state index in [0.29, 0.717) is 28.0 Å². The predicted molar refractivity (Wildman–Crippen MR) is 115 cm³/mol. The minimum atomic E-state index is -4.53. The first kappa shape index (κ1) is 20.5. The lowest BCUT2D eigenvalue weighted by Gasteiger charge is -2.26. The molecule has 6 nitrogen and oxygen atoms in total. The van der Waals surface area contributed by atoms with Gasteiger partial charge in [-0.2, -0.15) is 23.0 Å². The Morgan fingerprint density at radius 3 is 2.75 bits per heavy atom. The highest BCUT2D eigenvalue weighted by Crippen LogP contribution is 2.45. The quantitative estimate of drug-likeness (QED) is 0.453. The van der Waals surface area contributed by atoms with E-state index in [1.165, 1.54) is 28.2 Å². The molecule has 1 N–H and O–H groups in total. The third kappa shape index (κ3) is 3.31. The van der Waals surface area contributed by atoms with Crippen LogP contribution in [0.3, 0.4) is 0 Å². The summed E-state index contributed by atoms with van der Waals surface area (Å²) < 4.78 is 48.7. The van der Waals surface area contributed by atoms with Gasteiger partial charge in [0.2, 0.25) is 11.0 Å². The van der Waals surface area contributed by atoms with Crippen molar-refractivity contribution in [1.29, 1.82) is 0 Å². The molecule has 1 aliphatic heterocycles. The lowest BCUT2D eigenvalue weighted by Crippen LogP contribution is -2.26. The number of hydrogen-bond acceptors (Lipinski definition) is 5. The van der Waals surface area contributed by atoms with Gasteiger partial charge in [-0.3, -0.25) is 4.79 Å². The van der Waals surface area contributed by atoms with Gasteiger partial charge in [0, 0.05) is 17.9 Å². The van der Waals surface area contributed by atoms with Crippen molar-refractivity contribution in [1.82, 2.24) is 14.8 Å². The molecular formula is C22H17F3N4O2S. The second-order valence-corrected chi connectivity index (χ2v) is 8.49. The summed E-state index contributed by atoms with van der Waals surface area (Å²) >= 11 is 1.35. The molecular weight excluding hydrogens is 441 g/mol. The molecule has 0 bridgehead atoms. The SMILES string of the molecule is COc1ccc2nc(-n3nc(C)c4c3NC(=O)C[C@H]4c3ccccc3C(F)(F)F)sc2c1. The summed E-state index contributed by atoms with van der Waals surface area (Å²) in [5.41, 5.74) is 1.16. The van der Waals surface area contributed by atoms with Crippen LogP contribution in [-0.2, 0) is 11.0 Å². The van der Waals surface area contributed by atoms with Crippen molar-refractivity contribution in [3.05, 3.63) is 64.8 Å². The zero-order chi connectivity index (χ0) is 22.6. The van der Waals surface area contributed by atoms with Crippen LogP contribution >= 0.6 is 11.3 Å². The molecule has 0 fully saturated rings. The number of carbonyl (C=O) groups is 1. The number of thiazole rings is 1. The maximum Gasteiger partial charge on any atom is 0.416 e. The van der Waals surface area contributed by atoms with Gasteiger partial charge in [0.25, 0.3) is 0 Å². The Kier molecular flexibility index (Phi) is 4.70. The maximum absolute atomic E-state index is 13.7. The van der Waals surface area contributed by atoms with Gasteiger partial charge < -0.3 is 10.1 Å². The number of rotatable bonds is 3. The highest BCUT2D eigenvalue weighted by molar-refractivity contribution is 7.20. The monoisotopic (exact) mass is 458 g/mol. The molecule has 0 unspecified atom stereocenters. The normalized spacial score (nSPS) is 16.2. The van der Waals surface area contributed by atoms with Crippen LogP contribution in [0.25, 0.3) is 15.3 Å². The number of amides is 1. The van der Waals surface area contributed by atoms with Crippen molar-refractivity contribution >= 4 is 33.3 Å². The van der Waals surface area contributed by atoms with Crippen LogP contribution in [0.5, 0.6) is 5.75 Å². The largest absolute Gasteiger partial charge is 0.497 e. The second-order valence-electron chi connectivity index (χ2n) is 7.48. The van der Waals surface area contributed by atoms with Crippen LogP contribution < -0.4 is 10.1 Å². The Labute approximate surface area is 184 Å². The minimum absolute atomic E-state index is 0.0628. The Hall–Kier alpha value is -3.40. The molecule has 0 saturated heterocycles. The number of hydrogen-bond donors (Lipinski definition) is 1. The van der Waals surface area contributed by atoms with Crippen LogP contribution in [0.1, 0.15) is 34.7 Å². The van der Waals surface area contributed by atoms with Crippen molar-refractivity contribution in [2.24, 2.45) is 0 Å². The number of aromatic nitrogens is 3. The summed E-state index contributed by atoms with van der Waals surface area (Å²) in [6.45, 7) is 1.73. The van der Waals surface area contributed by atoms with Crippen molar-refractivity contribution < 1.29 is 22.7 Å². The Balaban J connectivity index is 1.67. The maximum atomic E-state index is 13.7. The second kappa shape index (κ2) is 7.33. The zero-order valence-electron chi connectivity index (χ0n) is 17.0. The molecule has 32 heavy (non-hydrogen) atoms. The van der Waals surface area contributed by atoms with Crippen LogP contribution in [-0.4, -0.2) is 27.8 Å². The molecule has 1 amide bonds. The van der Waals surface area contributed by atoms with Gasteiger partial charge in [0.05, 0.1) is 28.6 Å². The number of anilines is 1. The molecule has 164 valence electrons. The van der Waals surface area contributed by atoms with Gasteiger partial charge in [0.15, 0.2) is 0 Å². The molecule has 5 rings (SSSR count). The van der Waals surface area contributed by atoms with E-state index in [9.17, 15) is 18.0 Å². The average molecular weight is 458 g/mol. The molecule has 10 heteroatoms. The smallest absolute Gasteiger partial charge is 0.416 e. The Morgan fingerprint density at radius 2 is 2.00 bits per heavy atom. The average Bonchev–Trinajstić information content (AvgIpc) is 3.32. The molecule has 0 radical (unpaired) electrons. The Bertz CT molecular complexity index is 1360. The first-order valence-electron chi connectivity index (χ1n) is 9.76. The summed E-state index contributed by atoms with van der Waals surface area (Å²) in [5, 5.41) is 7.84. The molecule has 1 atom stereocenters. The number of fused-ring (bicyclic) bond motifs is 2. The highest BCUT2D eigenvalue weighted by atomic mass is 32.1. The van der Waals surface area contributed by atoms with Gasteiger partial charge in [-0.25, -0.2) is 4.98 Å². The summed E-state index contributed by atoms with van der Waals surface area (Å²) in [5.74, 6) is -0.0987. The fraction of sp³-hybridized carbons (Fsp3) is 0.227. The molecule has 3 heterocycles. The van der Waals surface area contributed by atoms with E-state index in [0.717, 1.165) is 16.3 Å². The van der Waals surface area contributed by atoms with E-state index in [1.807, 2.05) is 12.1 Å². The topological polar surface area (TPSA) is 69.0 Å². The van der Waals surface area contributed by atoms with E-state index >= 15 is 0 Å². The molecule has 1 aliphatic rings. The first-order valence-corrected chi connectivity index (χ1v) is 10.6. The number of benzene rings is 2. The van der Waals surface area contributed by atoms with E-state index < -0.39 is 17.7 Å². The summed E-state index contributed by atoms with van der Waals surface area (Å²) in [7, 11) is 1.57. The fourth-order valence-electron chi connectivity index (χ4n) is 4.12. The van der Waals surface area contributed by atoms with E-state index in [2.05, 4.69) is 15.4 Å². The minimum Gasteiger partial charge on any atom is -0.497 e. The van der Waals surface area contributed by atoms with Crippen LogP contribution in [0, 0.1) is 6.92 Å². The standard InChI is InChI=1S/C22H17F3N4O2S/c1-11-19-14(13-5-3-4-6-15(13)22(23,24)25)10-18(30)27-20(19)29(28-11)21-26-16-8-7-12(31-2)9-17(16)32-21/h3-9,14H,10H2,1-2H3,(H,27,30)/t14-/m0/s1. The Morgan fingerprint density at radius 1 is 1.22 bits per heavy atom. The number of ether oxygens (including phenoxy) is 1. The first-order chi connectivity index (χ1) is 15.3. The third-order valence-corrected chi connectivity index (χ3v) is 6.50. The van der Waals surface area contributed by atoms with Crippen LogP contribution in [0.2, 0.25) is 0 Å². The van der Waals surface area contributed by atoms with Crippen LogP contribution in [0.15, 0.2) is 42.5 Å². The lowest BCUT2D eigenvalue weighted by molar-refractivity contribution is -0.138. The summed E-state index contributed by atoms with van der Waals surface area (Å²) in [6, 6.07) is 10.8. The molecule has 0 aliphatic carbocycles. The summed E-state index contributed by atoms with van der Waals surface area (Å²) in [4.78, 5) is 17.1. The number of nitrogens with zero attached hydrogens (tertiary/aromatic N) is 3. The van der Waals surface area contributed by atoms with Gasteiger partial charge in [0.1, 0.15) is 11.6 Å². The van der Waals surface area contributed by atoms with E-state index in [4.69, 9.17) is 4.74 Å². The summed E-state index contributed by atoms with van der Waals surface area (Å²) in [6.07, 6.45) is -4.62. The third-order valence-electron chi connectivity index (χ3n) is 5.51. The molecule has 4 aromatic rings. The predicted octanol–water partition coefficient (Wildman–Crippen LogP) is 5.29. The number of aryl methyl sites for hydroxylation is 1. The van der Waals surface area contributed by atoms with Crippen molar-refractivity contribution in [2.45, 2.75) is 25.4 Å². The van der Waals surface area contributed by atoms with Gasteiger partial charge >= 0.3 is 6.18 Å². The number of alkyl halides is 3. The molecule has 2 aromatic carbocycles. The molecule has 0 saturated carbocycles. The van der Waals surface area contributed by atoms with Crippen molar-refractivity contribution in [3.63, 3.8) is 0 Å². The number of methoxy groups -OCH3 is 1. The number of halogens is 3. The van der Waals surface area contributed by atoms with Crippen LogP contribution in [0.4, 0.5) is 19.0 Å². The van der Waals surface area contributed by atoms with Gasteiger partial charge in [-0.1, -0.05) is 29.5 Å². The van der Waals surface area contributed by atoms with Gasteiger partial charge in [-0.15, -0.1) is 0 Å². The highest BCUT2D eigenvalue weighted by Gasteiger charge is 2.39. The molecule has 2 aromatic heterocycles. The van der Waals surface area contributed by atoms with E-state index in [-0.39, 0.29) is 17.9 Å². The molecule has 0 spiro atoms. The van der Waals surface area contributed by atoms with Gasteiger partial charge in [-0.05, 0) is 36.8 Å². The van der Waals surface area contributed by atoms with Crippen molar-refractivity contribution in [3.8, 4) is 10.9 Å². The van der Waals surface area contributed by atoms with Crippen molar-refractivity contribution in [2.75, 3.05) is 12.4 Å². The number of nitrogens with one attached hydrogen (secondary N) is 1. The number of carbonyl (C=O) groups excluding carboxylic acids is 1. The lowest BCUT2D eigenvalue weighted by atomic mass is 9.83. The van der Waals surface area contributed by atoms with E-state index in [1.54, 1.807) is 26.2 Å².